The molecule has 25 heavy (non-hydrogen) atoms. The van der Waals surface area contributed by atoms with Gasteiger partial charge in [-0.15, -0.1) is 11.3 Å². The highest BCUT2D eigenvalue weighted by Crippen LogP contribution is 2.48. The van der Waals surface area contributed by atoms with Crippen molar-refractivity contribution in [3.63, 3.8) is 0 Å². The fourth-order valence-corrected chi connectivity index (χ4v) is 5.38. The second kappa shape index (κ2) is 5.87. The highest BCUT2D eigenvalue weighted by Gasteiger charge is 2.35. The number of hydrogen-bond acceptors (Lipinski definition) is 2. The summed E-state index contributed by atoms with van der Waals surface area (Å²) in [5.74, 6) is 0.413. The first-order valence-corrected chi connectivity index (χ1v) is 9.26. The molecule has 0 saturated carbocycles. The third-order valence-electron chi connectivity index (χ3n) is 5.18. The predicted octanol–water partition coefficient (Wildman–Crippen LogP) is 5.37. The Balaban J connectivity index is 1.76. The second-order valence-corrected chi connectivity index (χ2v) is 8.12. The minimum atomic E-state index is -4.34. The number of halogens is 3. The number of carbonyl (C=O) groups is 1. The molecular weight excluding hydrogens is 347 g/mol. The molecule has 1 aliphatic carbocycles. The van der Waals surface area contributed by atoms with Crippen LogP contribution in [0.1, 0.15) is 52.8 Å². The standard InChI is InChI=1S/C19H18F3NOS/c1-10-2-7-13-15(8-10)25-18-17(13)14(9-16(24)23-18)11-3-5-12(6-4-11)19(20,21)22/h3-6,10,14H,2,7-9H2,1H3,(H,23,24)/t10-,14+/m0/s1. The normalized spacial score (nSPS) is 23.0. The maximum absolute atomic E-state index is 12.8. The molecule has 0 spiro atoms. The Hall–Kier alpha value is -1.82. The number of nitrogens with one attached hydrogen (secondary N) is 1. The number of alkyl halides is 3. The maximum Gasteiger partial charge on any atom is 0.416 e. The maximum atomic E-state index is 12.8. The third kappa shape index (κ3) is 2.97. The van der Waals surface area contributed by atoms with E-state index in [-0.39, 0.29) is 18.2 Å². The van der Waals surface area contributed by atoms with E-state index in [9.17, 15) is 18.0 Å². The van der Waals surface area contributed by atoms with Crippen LogP contribution in [0.3, 0.4) is 0 Å². The molecule has 2 aromatic rings. The van der Waals surface area contributed by atoms with Crippen molar-refractivity contribution in [2.24, 2.45) is 5.92 Å². The summed E-state index contributed by atoms with van der Waals surface area (Å²) < 4.78 is 38.4. The Bertz CT molecular complexity index is 822. The number of benzene rings is 1. The monoisotopic (exact) mass is 365 g/mol. The van der Waals surface area contributed by atoms with Crippen LogP contribution in [0.5, 0.6) is 0 Å². The van der Waals surface area contributed by atoms with Gasteiger partial charge in [-0.25, -0.2) is 0 Å². The minimum absolute atomic E-state index is 0.0657. The van der Waals surface area contributed by atoms with Crippen molar-refractivity contribution in [2.45, 2.75) is 44.7 Å². The molecule has 0 fully saturated rings. The lowest BCUT2D eigenvalue weighted by molar-refractivity contribution is -0.137. The topological polar surface area (TPSA) is 29.1 Å². The Labute approximate surface area is 148 Å². The Morgan fingerprint density at radius 3 is 2.56 bits per heavy atom. The lowest BCUT2D eigenvalue weighted by Crippen LogP contribution is -2.23. The molecule has 1 aromatic heterocycles. The number of carbonyl (C=O) groups excluding carboxylic acids is 1. The molecule has 2 nitrogen and oxygen atoms in total. The van der Waals surface area contributed by atoms with Crippen molar-refractivity contribution in [2.75, 3.05) is 5.32 Å². The van der Waals surface area contributed by atoms with E-state index in [1.165, 1.54) is 22.6 Å². The van der Waals surface area contributed by atoms with Crippen LogP contribution in [0.15, 0.2) is 24.3 Å². The van der Waals surface area contributed by atoms with Gasteiger partial charge in [0.15, 0.2) is 0 Å². The average molecular weight is 365 g/mol. The zero-order valence-corrected chi connectivity index (χ0v) is 14.6. The molecular formula is C19H18F3NOS. The molecule has 0 saturated heterocycles. The molecule has 132 valence electrons. The van der Waals surface area contributed by atoms with E-state index in [4.69, 9.17) is 0 Å². The van der Waals surface area contributed by atoms with Crippen LogP contribution < -0.4 is 5.32 Å². The van der Waals surface area contributed by atoms with Crippen LogP contribution >= 0.6 is 11.3 Å². The molecule has 1 aliphatic heterocycles. The molecule has 1 aromatic carbocycles. The van der Waals surface area contributed by atoms with Gasteiger partial charge < -0.3 is 5.32 Å². The van der Waals surface area contributed by atoms with Gasteiger partial charge in [0.25, 0.3) is 0 Å². The molecule has 4 rings (SSSR count). The van der Waals surface area contributed by atoms with E-state index in [1.54, 1.807) is 11.3 Å². The van der Waals surface area contributed by atoms with Gasteiger partial charge in [0, 0.05) is 17.2 Å². The van der Waals surface area contributed by atoms with E-state index in [0.29, 0.717) is 5.92 Å². The van der Waals surface area contributed by atoms with Gasteiger partial charge in [0.1, 0.15) is 0 Å². The molecule has 2 atom stereocenters. The largest absolute Gasteiger partial charge is 0.416 e. The highest BCUT2D eigenvalue weighted by atomic mass is 32.1. The quantitative estimate of drug-likeness (QED) is 0.724. The lowest BCUT2D eigenvalue weighted by atomic mass is 9.80. The molecule has 0 radical (unpaired) electrons. The van der Waals surface area contributed by atoms with E-state index >= 15 is 0 Å². The molecule has 0 unspecified atom stereocenters. The summed E-state index contributed by atoms with van der Waals surface area (Å²) in [5.41, 5.74) is 2.57. The fraction of sp³-hybridized carbons (Fsp3) is 0.421. The average Bonchev–Trinajstić information content (AvgIpc) is 2.90. The number of hydrogen-bond donors (Lipinski definition) is 1. The van der Waals surface area contributed by atoms with E-state index < -0.39 is 11.7 Å². The smallest absolute Gasteiger partial charge is 0.317 e. The highest BCUT2D eigenvalue weighted by molar-refractivity contribution is 7.16. The van der Waals surface area contributed by atoms with E-state index in [1.807, 2.05) is 0 Å². The van der Waals surface area contributed by atoms with Gasteiger partial charge in [-0.2, -0.15) is 13.2 Å². The number of fused-ring (bicyclic) bond motifs is 3. The Morgan fingerprint density at radius 2 is 1.88 bits per heavy atom. The summed E-state index contributed by atoms with van der Waals surface area (Å²) in [6, 6.07) is 5.27. The van der Waals surface area contributed by atoms with Crippen LogP contribution in [0.2, 0.25) is 0 Å². The van der Waals surface area contributed by atoms with Crippen molar-refractivity contribution in [1.29, 1.82) is 0 Å². The first-order chi connectivity index (χ1) is 11.8. The number of anilines is 1. The van der Waals surface area contributed by atoms with Gasteiger partial charge in [0.05, 0.1) is 10.6 Å². The van der Waals surface area contributed by atoms with Crippen molar-refractivity contribution >= 4 is 22.2 Å². The Morgan fingerprint density at radius 1 is 1.16 bits per heavy atom. The Kier molecular flexibility index (Phi) is 3.90. The van der Waals surface area contributed by atoms with Crippen molar-refractivity contribution < 1.29 is 18.0 Å². The van der Waals surface area contributed by atoms with Crippen molar-refractivity contribution in [3.8, 4) is 0 Å². The van der Waals surface area contributed by atoms with Crippen LogP contribution in [0, 0.1) is 5.92 Å². The van der Waals surface area contributed by atoms with Crippen LogP contribution in [-0.4, -0.2) is 5.91 Å². The molecule has 1 amide bonds. The van der Waals surface area contributed by atoms with Gasteiger partial charge in [0.2, 0.25) is 5.91 Å². The number of amides is 1. The molecule has 1 N–H and O–H groups in total. The molecule has 0 bridgehead atoms. The fourth-order valence-electron chi connectivity index (χ4n) is 3.89. The summed E-state index contributed by atoms with van der Waals surface area (Å²) in [4.78, 5) is 13.5. The summed E-state index contributed by atoms with van der Waals surface area (Å²) in [6.45, 7) is 2.23. The third-order valence-corrected chi connectivity index (χ3v) is 6.37. The molecule has 2 aliphatic rings. The SMILES string of the molecule is C[C@H]1CCc2c(sc3c2[C@@H](c2ccc(C(F)(F)F)cc2)CC(=O)N3)C1. The lowest BCUT2D eigenvalue weighted by Gasteiger charge is -2.26. The van der Waals surface area contributed by atoms with Crippen LogP contribution in [-0.2, 0) is 23.8 Å². The summed E-state index contributed by atoms with van der Waals surface area (Å²) >= 11 is 1.64. The first-order valence-electron chi connectivity index (χ1n) is 8.44. The predicted molar refractivity (Wildman–Crippen MR) is 92.0 cm³/mol. The van der Waals surface area contributed by atoms with Gasteiger partial charge in [-0.3, -0.25) is 4.79 Å². The van der Waals surface area contributed by atoms with Crippen molar-refractivity contribution in [3.05, 3.63) is 51.4 Å². The van der Waals surface area contributed by atoms with Gasteiger partial charge in [-0.05, 0) is 54.0 Å². The number of rotatable bonds is 1. The van der Waals surface area contributed by atoms with Gasteiger partial charge in [-0.1, -0.05) is 19.1 Å². The van der Waals surface area contributed by atoms with Crippen LogP contribution in [0.4, 0.5) is 18.2 Å². The second-order valence-electron chi connectivity index (χ2n) is 7.02. The van der Waals surface area contributed by atoms with Gasteiger partial charge >= 0.3 is 6.18 Å². The number of thiophene rings is 1. The molecule has 6 heteroatoms. The first kappa shape index (κ1) is 16.6. The minimum Gasteiger partial charge on any atom is -0.317 e. The van der Waals surface area contributed by atoms with E-state index in [2.05, 4.69) is 12.2 Å². The van der Waals surface area contributed by atoms with Crippen LogP contribution in [0.25, 0.3) is 0 Å². The zero-order chi connectivity index (χ0) is 17.8. The zero-order valence-electron chi connectivity index (χ0n) is 13.7. The summed E-state index contributed by atoms with van der Waals surface area (Å²) in [6.07, 6.45) is -0.940. The molecule has 2 heterocycles. The van der Waals surface area contributed by atoms with E-state index in [0.717, 1.165) is 47.5 Å². The summed E-state index contributed by atoms with van der Waals surface area (Å²) in [7, 11) is 0. The van der Waals surface area contributed by atoms with Crippen molar-refractivity contribution in [1.82, 2.24) is 0 Å². The summed E-state index contributed by atoms with van der Waals surface area (Å²) in [5, 5.41) is 3.86.